The van der Waals surface area contributed by atoms with Crippen LogP contribution in [0.4, 0.5) is 9.18 Å². The van der Waals surface area contributed by atoms with Gasteiger partial charge >= 0.3 is 12.0 Å². The first-order chi connectivity index (χ1) is 13.0. The van der Waals surface area contributed by atoms with Crippen LogP contribution in [0.1, 0.15) is 45.6 Å². The zero-order valence-corrected chi connectivity index (χ0v) is 17.8. The lowest BCUT2D eigenvalue weighted by atomic mass is 9.64. The third-order valence-electron chi connectivity index (χ3n) is 5.32. The minimum absolute atomic E-state index is 0.0871. The zero-order valence-electron chi connectivity index (χ0n) is 16.2. The van der Waals surface area contributed by atoms with E-state index < -0.39 is 29.9 Å². The van der Waals surface area contributed by atoms with Crippen LogP contribution in [-0.2, 0) is 20.9 Å². The molecular formula is C20H24BrFN2O4. The van der Waals surface area contributed by atoms with Gasteiger partial charge in [0.15, 0.2) is 0 Å². The predicted molar refractivity (Wildman–Crippen MR) is 104 cm³/mol. The molecule has 1 aromatic carbocycles. The number of hydrogen-bond donors (Lipinski definition) is 1. The Morgan fingerprint density at radius 2 is 2.07 bits per heavy atom. The number of esters is 1. The molecule has 0 radical (unpaired) electrons. The van der Waals surface area contributed by atoms with Crippen LogP contribution in [0.2, 0.25) is 0 Å². The van der Waals surface area contributed by atoms with E-state index in [0.29, 0.717) is 17.3 Å². The summed E-state index contributed by atoms with van der Waals surface area (Å²) in [7, 11) is 0. The van der Waals surface area contributed by atoms with Crippen molar-refractivity contribution in [1.29, 1.82) is 0 Å². The summed E-state index contributed by atoms with van der Waals surface area (Å²) in [6.07, 6.45) is 2.06. The second-order valence-electron chi connectivity index (χ2n) is 8.65. The predicted octanol–water partition coefficient (Wildman–Crippen LogP) is 3.77. The Bertz CT molecular complexity index is 828. The number of ether oxygens (including phenoxy) is 1. The van der Waals surface area contributed by atoms with Gasteiger partial charge in [-0.15, -0.1) is 0 Å². The minimum atomic E-state index is -0.962. The van der Waals surface area contributed by atoms with Crippen LogP contribution in [0.15, 0.2) is 22.7 Å². The highest BCUT2D eigenvalue weighted by atomic mass is 79.9. The monoisotopic (exact) mass is 454 g/mol. The molecule has 28 heavy (non-hydrogen) atoms. The van der Waals surface area contributed by atoms with E-state index in [1.807, 2.05) is 0 Å². The summed E-state index contributed by atoms with van der Waals surface area (Å²) in [4.78, 5) is 38.5. The summed E-state index contributed by atoms with van der Waals surface area (Å²) in [6.45, 7) is 5.46. The fourth-order valence-corrected chi connectivity index (χ4v) is 4.95. The highest BCUT2D eigenvalue weighted by Crippen LogP contribution is 2.46. The van der Waals surface area contributed by atoms with Gasteiger partial charge in [0.05, 0.1) is 0 Å². The van der Waals surface area contributed by atoms with Crippen molar-refractivity contribution < 1.29 is 23.5 Å². The van der Waals surface area contributed by atoms with Crippen molar-refractivity contribution in [3.63, 3.8) is 0 Å². The molecule has 1 aromatic rings. The highest BCUT2D eigenvalue weighted by molar-refractivity contribution is 9.10. The van der Waals surface area contributed by atoms with Gasteiger partial charge in [-0.05, 0) is 42.7 Å². The Morgan fingerprint density at radius 3 is 2.71 bits per heavy atom. The van der Waals surface area contributed by atoms with Crippen LogP contribution < -0.4 is 5.32 Å². The molecule has 2 aliphatic rings. The number of carbonyl (C=O) groups is 3. The second kappa shape index (κ2) is 7.46. The number of benzene rings is 1. The molecule has 6 nitrogen and oxygen atoms in total. The number of hydrogen-bond acceptors (Lipinski definition) is 4. The lowest BCUT2D eigenvalue weighted by Gasteiger charge is -2.43. The lowest BCUT2D eigenvalue weighted by Crippen LogP contribution is -2.54. The quantitative estimate of drug-likeness (QED) is 0.554. The number of urea groups is 1. The maximum absolute atomic E-state index is 13.8. The molecule has 3 rings (SSSR count). The molecule has 1 spiro atoms. The van der Waals surface area contributed by atoms with E-state index in [2.05, 4.69) is 42.0 Å². The van der Waals surface area contributed by atoms with E-state index >= 15 is 0 Å². The van der Waals surface area contributed by atoms with Gasteiger partial charge in [-0.1, -0.05) is 42.8 Å². The third kappa shape index (κ3) is 4.21. The maximum Gasteiger partial charge on any atom is 0.326 e. The van der Waals surface area contributed by atoms with Crippen molar-refractivity contribution in [2.75, 3.05) is 6.54 Å². The SMILES string of the molecule is CC1CC(C)(C)CC2(C1)NC(=O)N(CC(=O)OCc1ccc(Br)cc1F)C2=O. The normalized spacial score (nSPS) is 26.5. The van der Waals surface area contributed by atoms with E-state index in [4.69, 9.17) is 4.74 Å². The molecule has 0 aromatic heterocycles. The van der Waals surface area contributed by atoms with Crippen LogP contribution in [0.3, 0.4) is 0 Å². The molecule has 2 fully saturated rings. The summed E-state index contributed by atoms with van der Waals surface area (Å²) < 4.78 is 19.5. The van der Waals surface area contributed by atoms with E-state index in [0.717, 1.165) is 11.3 Å². The summed E-state index contributed by atoms with van der Waals surface area (Å²) in [5.74, 6) is -1.37. The molecule has 1 heterocycles. The van der Waals surface area contributed by atoms with E-state index in [9.17, 15) is 18.8 Å². The van der Waals surface area contributed by atoms with Gasteiger partial charge < -0.3 is 10.1 Å². The lowest BCUT2D eigenvalue weighted by molar-refractivity contribution is -0.149. The molecule has 8 heteroatoms. The van der Waals surface area contributed by atoms with E-state index in [-0.39, 0.29) is 29.4 Å². The number of imide groups is 1. The maximum atomic E-state index is 13.8. The Labute approximate surface area is 171 Å². The smallest absolute Gasteiger partial charge is 0.326 e. The molecule has 3 amide bonds. The zero-order chi connectivity index (χ0) is 20.7. The van der Waals surface area contributed by atoms with Gasteiger partial charge in [0, 0.05) is 10.0 Å². The van der Waals surface area contributed by atoms with Crippen LogP contribution in [0, 0.1) is 17.2 Å². The topological polar surface area (TPSA) is 75.7 Å². The van der Waals surface area contributed by atoms with Crippen molar-refractivity contribution in [1.82, 2.24) is 10.2 Å². The van der Waals surface area contributed by atoms with Gasteiger partial charge in [-0.3, -0.25) is 14.5 Å². The second-order valence-corrected chi connectivity index (χ2v) is 9.57. The molecule has 1 aliphatic heterocycles. The van der Waals surface area contributed by atoms with Gasteiger partial charge in [0.25, 0.3) is 5.91 Å². The Balaban J connectivity index is 1.65. The molecule has 152 valence electrons. The van der Waals surface area contributed by atoms with Crippen molar-refractivity contribution in [2.24, 2.45) is 11.3 Å². The molecule has 0 bridgehead atoms. The average Bonchev–Trinajstić information content (AvgIpc) is 2.75. The Hall–Kier alpha value is -1.96. The van der Waals surface area contributed by atoms with Crippen LogP contribution in [0.5, 0.6) is 0 Å². The molecule has 2 unspecified atom stereocenters. The number of rotatable bonds is 4. The minimum Gasteiger partial charge on any atom is -0.459 e. The van der Waals surface area contributed by atoms with E-state index in [1.54, 1.807) is 6.07 Å². The fourth-order valence-electron chi connectivity index (χ4n) is 4.62. The number of nitrogens with zero attached hydrogens (tertiary/aromatic N) is 1. The first-order valence-corrected chi connectivity index (χ1v) is 10.0. The molecule has 1 saturated carbocycles. The van der Waals surface area contributed by atoms with Crippen LogP contribution in [0.25, 0.3) is 0 Å². The number of amides is 3. The molecule has 1 N–H and O–H groups in total. The summed E-state index contributed by atoms with van der Waals surface area (Å²) in [5.41, 5.74) is -0.833. The Kier molecular flexibility index (Phi) is 5.53. The number of nitrogens with one attached hydrogen (secondary N) is 1. The third-order valence-corrected chi connectivity index (χ3v) is 5.81. The highest BCUT2D eigenvalue weighted by Gasteiger charge is 2.56. The van der Waals surface area contributed by atoms with Crippen molar-refractivity contribution in [3.05, 3.63) is 34.1 Å². The summed E-state index contributed by atoms with van der Waals surface area (Å²) in [5, 5.41) is 2.81. The molecule has 1 saturated heterocycles. The van der Waals surface area contributed by atoms with E-state index in [1.165, 1.54) is 12.1 Å². The van der Waals surface area contributed by atoms with Gasteiger partial charge in [-0.2, -0.15) is 0 Å². The molecule has 1 aliphatic carbocycles. The van der Waals surface area contributed by atoms with Crippen molar-refractivity contribution in [2.45, 2.75) is 52.2 Å². The van der Waals surface area contributed by atoms with Gasteiger partial charge in [0.1, 0.15) is 24.5 Å². The van der Waals surface area contributed by atoms with Crippen molar-refractivity contribution in [3.8, 4) is 0 Å². The standard InChI is InChI=1S/C20H24BrFN2O4/c1-12-7-19(2,3)11-20(8-12)17(26)24(18(27)23-20)9-16(25)28-10-13-4-5-14(21)6-15(13)22/h4-6,12H,7-11H2,1-3H3,(H,23,27). The van der Waals surface area contributed by atoms with Crippen molar-refractivity contribution >= 4 is 33.8 Å². The number of carbonyl (C=O) groups excluding carboxylic acids is 3. The molecular weight excluding hydrogens is 431 g/mol. The first kappa shape index (κ1) is 20.8. The molecule has 2 atom stereocenters. The summed E-state index contributed by atoms with van der Waals surface area (Å²) in [6, 6.07) is 3.83. The van der Waals surface area contributed by atoms with Gasteiger partial charge in [-0.25, -0.2) is 9.18 Å². The van der Waals surface area contributed by atoms with Gasteiger partial charge in [0.2, 0.25) is 0 Å². The summed E-state index contributed by atoms with van der Waals surface area (Å²) >= 11 is 3.16. The Morgan fingerprint density at radius 1 is 1.36 bits per heavy atom. The van der Waals surface area contributed by atoms with Crippen LogP contribution >= 0.6 is 15.9 Å². The largest absolute Gasteiger partial charge is 0.459 e. The first-order valence-electron chi connectivity index (χ1n) is 9.25. The van der Waals surface area contributed by atoms with Crippen LogP contribution in [-0.4, -0.2) is 34.9 Å². The fraction of sp³-hybridized carbons (Fsp3) is 0.550. The average molecular weight is 455 g/mol. The number of halogens is 2.